The molecule has 0 amide bonds. The van der Waals surface area contributed by atoms with E-state index < -0.39 is 0 Å². The number of phenols is 1. The molecule has 1 rings (SSSR count). The monoisotopic (exact) mass is 331 g/mol. The molecular formula is C20H29NO3. The van der Waals surface area contributed by atoms with Crippen LogP contribution in [0.4, 0.5) is 0 Å². The number of allylic oxidation sites excluding steroid dienone is 1. The summed E-state index contributed by atoms with van der Waals surface area (Å²) in [5.74, 6) is 0.394. The summed E-state index contributed by atoms with van der Waals surface area (Å²) in [4.78, 5) is 13.4. The molecule has 0 aliphatic rings. The van der Waals surface area contributed by atoms with Crippen LogP contribution < -0.4 is 0 Å². The number of carbonyl (C=O) groups excluding carboxylic acids is 1. The summed E-state index contributed by atoms with van der Waals surface area (Å²) in [5, 5.41) is 10.7. The van der Waals surface area contributed by atoms with Crippen molar-refractivity contribution in [1.29, 1.82) is 0 Å². The Hall–Kier alpha value is -2.06. The number of ether oxygens (including phenoxy) is 1. The third kappa shape index (κ3) is 5.86. The predicted octanol–water partition coefficient (Wildman–Crippen LogP) is 4.40. The smallest absolute Gasteiger partial charge is 0.235 e. The standard InChI is InChI=1S/C20H29NO3/c1-19(2,3)16-12-15(8-7-10-24-11-9-21-14-22)13-17(18(16)23)20(4,5)6/h7,10,12-13,23H,8-9,11H2,1-6H3. The fourth-order valence-electron chi connectivity index (χ4n) is 2.42. The second-order valence-electron chi connectivity index (χ2n) is 7.96. The van der Waals surface area contributed by atoms with Crippen LogP contribution >= 0.6 is 0 Å². The van der Waals surface area contributed by atoms with Gasteiger partial charge in [0.1, 0.15) is 12.4 Å². The molecule has 0 bridgehead atoms. The van der Waals surface area contributed by atoms with E-state index >= 15 is 0 Å². The summed E-state index contributed by atoms with van der Waals surface area (Å²) in [6.45, 7) is 13.3. The average molecular weight is 331 g/mol. The third-order valence-electron chi connectivity index (χ3n) is 3.72. The van der Waals surface area contributed by atoms with Gasteiger partial charge >= 0.3 is 0 Å². The number of benzene rings is 1. The Morgan fingerprint density at radius 2 is 1.67 bits per heavy atom. The largest absolute Gasteiger partial charge is 0.507 e. The SMILES string of the molecule is CC(C)(C)c1cc(CC=COCCN=C=O)cc(C(C)(C)C)c1O. The van der Waals surface area contributed by atoms with Gasteiger partial charge in [0.2, 0.25) is 6.08 Å². The predicted molar refractivity (Wildman–Crippen MR) is 97.3 cm³/mol. The van der Waals surface area contributed by atoms with Crippen LogP contribution in [-0.4, -0.2) is 24.3 Å². The molecule has 1 N–H and O–H groups in total. The minimum Gasteiger partial charge on any atom is -0.507 e. The van der Waals surface area contributed by atoms with Crippen molar-refractivity contribution in [2.45, 2.75) is 58.8 Å². The van der Waals surface area contributed by atoms with Gasteiger partial charge in [-0.3, -0.25) is 0 Å². The first-order valence-corrected chi connectivity index (χ1v) is 8.24. The van der Waals surface area contributed by atoms with Crippen LogP contribution in [0.1, 0.15) is 58.2 Å². The first kappa shape index (κ1) is 20.0. The molecule has 0 saturated carbocycles. The number of hydrogen-bond acceptors (Lipinski definition) is 4. The Labute approximate surface area is 145 Å². The zero-order chi connectivity index (χ0) is 18.4. The summed E-state index contributed by atoms with van der Waals surface area (Å²) in [6, 6.07) is 4.12. The molecule has 0 aromatic heterocycles. The second-order valence-corrected chi connectivity index (χ2v) is 7.96. The van der Waals surface area contributed by atoms with Crippen LogP contribution in [0.3, 0.4) is 0 Å². The van der Waals surface area contributed by atoms with Gasteiger partial charge in [0.15, 0.2) is 0 Å². The van der Waals surface area contributed by atoms with E-state index in [1.165, 1.54) is 6.08 Å². The lowest BCUT2D eigenvalue weighted by atomic mass is 9.78. The highest BCUT2D eigenvalue weighted by molar-refractivity contribution is 5.50. The van der Waals surface area contributed by atoms with Crippen LogP contribution in [-0.2, 0) is 26.8 Å². The number of aromatic hydroxyl groups is 1. The van der Waals surface area contributed by atoms with E-state index in [0.717, 1.165) is 16.7 Å². The number of nitrogens with zero attached hydrogens (tertiary/aromatic N) is 1. The maximum atomic E-state index is 10.7. The molecule has 132 valence electrons. The number of isocyanates is 1. The van der Waals surface area contributed by atoms with Gasteiger partial charge in [0, 0.05) is 0 Å². The molecular weight excluding hydrogens is 302 g/mol. The molecule has 0 saturated heterocycles. The molecule has 0 unspecified atom stereocenters. The van der Waals surface area contributed by atoms with E-state index in [1.807, 2.05) is 6.08 Å². The Bertz CT molecular complexity index is 592. The molecule has 0 atom stereocenters. The van der Waals surface area contributed by atoms with Crippen LogP contribution in [0.25, 0.3) is 0 Å². The van der Waals surface area contributed by atoms with Gasteiger partial charge in [0.05, 0.1) is 12.8 Å². The highest BCUT2D eigenvalue weighted by Crippen LogP contribution is 2.39. The van der Waals surface area contributed by atoms with E-state index in [0.29, 0.717) is 25.3 Å². The van der Waals surface area contributed by atoms with Crippen molar-refractivity contribution in [2.24, 2.45) is 4.99 Å². The van der Waals surface area contributed by atoms with Crippen LogP contribution in [0.15, 0.2) is 29.5 Å². The van der Waals surface area contributed by atoms with Gasteiger partial charge in [-0.2, -0.15) is 0 Å². The van der Waals surface area contributed by atoms with Crippen molar-refractivity contribution in [2.75, 3.05) is 13.2 Å². The Balaban J connectivity index is 2.99. The van der Waals surface area contributed by atoms with Crippen LogP contribution in [0, 0.1) is 0 Å². The zero-order valence-corrected chi connectivity index (χ0v) is 15.6. The molecule has 0 spiro atoms. The lowest BCUT2D eigenvalue weighted by Crippen LogP contribution is -2.17. The molecule has 4 heteroatoms. The Morgan fingerprint density at radius 1 is 1.12 bits per heavy atom. The minimum absolute atomic E-state index is 0.132. The highest BCUT2D eigenvalue weighted by atomic mass is 16.5. The number of phenolic OH excluding ortho intramolecular Hbond substituents is 1. The summed E-state index contributed by atoms with van der Waals surface area (Å²) in [5.41, 5.74) is 2.79. The highest BCUT2D eigenvalue weighted by Gasteiger charge is 2.26. The third-order valence-corrected chi connectivity index (χ3v) is 3.72. The van der Waals surface area contributed by atoms with Crippen LogP contribution in [0.5, 0.6) is 5.75 Å². The number of hydrogen-bond donors (Lipinski definition) is 1. The fraction of sp³-hybridized carbons (Fsp3) is 0.550. The van der Waals surface area contributed by atoms with Gasteiger partial charge in [-0.05, 0) is 40.0 Å². The molecule has 0 aliphatic carbocycles. The molecule has 0 aliphatic heterocycles. The van der Waals surface area contributed by atoms with Crippen molar-refractivity contribution in [3.63, 3.8) is 0 Å². The van der Waals surface area contributed by atoms with Gasteiger partial charge in [-0.15, -0.1) is 0 Å². The van der Waals surface area contributed by atoms with Crippen molar-refractivity contribution in [3.8, 4) is 5.75 Å². The lowest BCUT2D eigenvalue weighted by Gasteiger charge is -2.28. The van der Waals surface area contributed by atoms with Crippen molar-refractivity contribution >= 4 is 6.08 Å². The van der Waals surface area contributed by atoms with E-state index in [4.69, 9.17) is 4.74 Å². The average Bonchev–Trinajstić information content (AvgIpc) is 2.45. The Kier molecular flexibility index (Phi) is 6.80. The summed E-state index contributed by atoms with van der Waals surface area (Å²) in [7, 11) is 0. The summed E-state index contributed by atoms with van der Waals surface area (Å²) in [6.07, 6.45) is 5.74. The van der Waals surface area contributed by atoms with Crippen molar-refractivity contribution in [3.05, 3.63) is 41.2 Å². The summed E-state index contributed by atoms with van der Waals surface area (Å²) < 4.78 is 5.27. The first-order chi connectivity index (χ1) is 11.1. The molecule has 4 nitrogen and oxygen atoms in total. The molecule has 0 fully saturated rings. The molecule has 24 heavy (non-hydrogen) atoms. The number of rotatable bonds is 6. The van der Waals surface area contributed by atoms with Crippen molar-refractivity contribution in [1.82, 2.24) is 0 Å². The second kappa shape index (κ2) is 8.16. The molecule has 0 heterocycles. The van der Waals surface area contributed by atoms with E-state index in [2.05, 4.69) is 58.7 Å². The van der Waals surface area contributed by atoms with E-state index in [-0.39, 0.29) is 10.8 Å². The fourth-order valence-corrected chi connectivity index (χ4v) is 2.42. The van der Waals surface area contributed by atoms with Gasteiger partial charge in [-0.25, -0.2) is 9.79 Å². The van der Waals surface area contributed by atoms with Crippen LogP contribution in [0.2, 0.25) is 0 Å². The van der Waals surface area contributed by atoms with Gasteiger partial charge < -0.3 is 9.84 Å². The normalized spacial score (nSPS) is 12.2. The molecule has 1 aromatic rings. The van der Waals surface area contributed by atoms with E-state index in [9.17, 15) is 9.90 Å². The maximum Gasteiger partial charge on any atom is 0.235 e. The first-order valence-electron chi connectivity index (χ1n) is 8.24. The van der Waals surface area contributed by atoms with E-state index in [1.54, 1.807) is 6.26 Å². The van der Waals surface area contributed by atoms with Crippen molar-refractivity contribution < 1.29 is 14.6 Å². The topological polar surface area (TPSA) is 58.9 Å². The molecule has 0 radical (unpaired) electrons. The van der Waals surface area contributed by atoms with Gasteiger partial charge in [-0.1, -0.05) is 53.7 Å². The summed E-state index contributed by atoms with van der Waals surface area (Å²) >= 11 is 0. The maximum absolute atomic E-state index is 10.7. The Morgan fingerprint density at radius 3 is 2.12 bits per heavy atom. The van der Waals surface area contributed by atoms with Gasteiger partial charge in [0.25, 0.3) is 0 Å². The zero-order valence-electron chi connectivity index (χ0n) is 15.6. The number of aliphatic imine (C=N–C) groups is 1. The quantitative estimate of drug-likeness (QED) is 0.364. The molecule has 1 aromatic carbocycles. The lowest BCUT2D eigenvalue weighted by molar-refractivity contribution is 0.259. The minimum atomic E-state index is -0.132.